The Hall–Kier alpha value is -5.00. The van der Waals surface area contributed by atoms with Crippen molar-refractivity contribution in [2.75, 3.05) is 55.9 Å². The van der Waals surface area contributed by atoms with Crippen LogP contribution < -0.4 is 26.0 Å². The number of methoxy groups -OCH3 is 1. The largest absolute Gasteiger partial charge is 0.492 e. The quantitative estimate of drug-likeness (QED) is 0.180. The first-order chi connectivity index (χ1) is 22.6. The van der Waals surface area contributed by atoms with Gasteiger partial charge in [-0.3, -0.25) is 19.5 Å². The Labute approximate surface area is 275 Å². The van der Waals surface area contributed by atoms with E-state index in [4.69, 9.17) is 14.5 Å². The molecule has 5 rings (SSSR count). The van der Waals surface area contributed by atoms with Crippen LogP contribution in [0.15, 0.2) is 66.9 Å². The molecule has 0 unspecified atom stereocenters. The number of anilines is 3. The number of likely N-dealkylation sites (N-methyl/N-ethyl adjacent to an activating group) is 1. The SMILES string of the molecule is CCNC(=O)C(=O)Nc1cc(C(C)(C)C)cc(NC(=O)Nc2ccc(-c3ccc(CN4CCOCC4)nc3)c3ccccc23)c1OC. The molecular weight excluding hydrogens is 596 g/mol. The van der Waals surface area contributed by atoms with Gasteiger partial charge in [-0.1, -0.05) is 57.2 Å². The molecule has 1 saturated heterocycles. The number of urea groups is 1. The highest BCUT2D eigenvalue weighted by molar-refractivity contribution is 6.39. The van der Waals surface area contributed by atoms with Gasteiger partial charge in [0.05, 0.1) is 43.1 Å². The Morgan fingerprint density at radius 2 is 1.55 bits per heavy atom. The van der Waals surface area contributed by atoms with Gasteiger partial charge in [0.25, 0.3) is 0 Å². The molecule has 1 fully saturated rings. The van der Waals surface area contributed by atoms with E-state index < -0.39 is 17.8 Å². The lowest BCUT2D eigenvalue weighted by Gasteiger charge is -2.26. The molecule has 3 aromatic carbocycles. The van der Waals surface area contributed by atoms with Gasteiger partial charge in [0, 0.05) is 43.3 Å². The number of fused-ring (bicyclic) bond motifs is 1. The van der Waals surface area contributed by atoms with Gasteiger partial charge in [0.1, 0.15) is 0 Å². The van der Waals surface area contributed by atoms with Crippen LogP contribution in [0, 0.1) is 0 Å². The van der Waals surface area contributed by atoms with Crippen LogP contribution in [-0.4, -0.2) is 67.7 Å². The van der Waals surface area contributed by atoms with Crippen molar-refractivity contribution >= 4 is 45.7 Å². The third-order valence-corrected chi connectivity index (χ3v) is 8.00. The topological polar surface area (TPSA) is 134 Å². The number of nitrogens with zero attached hydrogens (tertiary/aromatic N) is 2. The third-order valence-electron chi connectivity index (χ3n) is 8.00. The first-order valence-electron chi connectivity index (χ1n) is 15.7. The molecule has 0 saturated carbocycles. The molecular formula is C36H42N6O5. The number of hydrogen-bond acceptors (Lipinski definition) is 7. The van der Waals surface area contributed by atoms with Crippen LogP contribution in [0.25, 0.3) is 21.9 Å². The summed E-state index contributed by atoms with van der Waals surface area (Å²) in [4.78, 5) is 45.3. The predicted octanol–water partition coefficient (Wildman–Crippen LogP) is 5.76. The fourth-order valence-electron chi connectivity index (χ4n) is 5.49. The van der Waals surface area contributed by atoms with Crippen molar-refractivity contribution in [3.05, 3.63) is 78.1 Å². The van der Waals surface area contributed by atoms with Gasteiger partial charge >= 0.3 is 17.8 Å². The second kappa shape index (κ2) is 14.6. The summed E-state index contributed by atoms with van der Waals surface area (Å²) in [5, 5.41) is 12.8. The van der Waals surface area contributed by atoms with Crippen LogP contribution in [0.3, 0.4) is 0 Å². The molecule has 4 aromatic rings. The van der Waals surface area contributed by atoms with E-state index in [1.165, 1.54) is 7.11 Å². The van der Waals surface area contributed by atoms with Crippen LogP contribution >= 0.6 is 0 Å². The van der Waals surface area contributed by atoms with Gasteiger partial charge in [-0.25, -0.2) is 4.79 Å². The first kappa shape index (κ1) is 33.4. The number of hydrogen-bond donors (Lipinski definition) is 4. The van der Waals surface area contributed by atoms with Crippen LogP contribution in [-0.2, 0) is 26.3 Å². The minimum Gasteiger partial charge on any atom is -0.492 e. The molecule has 0 spiro atoms. The molecule has 4 N–H and O–H groups in total. The molecule has 0 aliphatic carbocycles. The summed E-state index contributed by atoms with van der Waals surface area (Å²) >= 11 is 0. The van der Waals surface area contributed by atoms with Crippen molar-refractivity contribution in [2.45, 2.75) is 39.7 Å². The number of rotatable bonds is 8. The fourth-order valence-corrected chi connectivity index (χ4v) is 5.49. The van der Waals surface area contributed by atoms with Crippen LogP contribution in [0.1, 0.15) is 39.0 Å². The lowest BCUT2D eigenvalue weighted by atomic mass is 9.86. The van der Waals surface area contributed by atoms with Gasteiger partial charge in [-0.05, 0) is 53.1 Å². The second-order valence-corrected chi connectivity index (χ2v) is 12.4. The van der Waals surface area contributed by atoms with E-state index in [2.05, 4.69) is 38.3 Å². The van der Waals surface area contributed by atoms with E-state index in [1.54, 1.807) is 19.1 Å². The summed E-state index contributed by atoms with van der Waals surface area (Å²) in [6, 6.07) is 18.9. The molecule has 11 nitrogen and oxygen atoms in total. The molecule has 0 radical (unpaired) electrons. The number of carbonyl (C=O) groups is 3. The second-order valence-electron chi connectivity index (χ2n) is 12.4. The van der Waals surface area contributed by atoms with E-state index in [0.717, 1.165) is 66.0 Å². The third kappa shape index (κ3) is 8.05. The summed E-state index contributed by atoms with van der Waals surface area (Å²) in [6.07, 6.45) is 1.90. The lowest BCUT2D eigenvalue weighted by molar-refractivity contribution is -0.136. The number of nitrogens with one attached hydrogen (secondary N) is 4. The van der Waals surface area contributed by atoms with Crippen molar-refractivity contribution in [1.82, 2.24) is 15.2 Å². The highest BCUT2D eigenvalue weighted by Gasteiger charge is 2.24. The number of morpholine rings is 1. The monoisotopic (exact) mass is 638 g/mol. The summed E-state index contributed by atoms with van der Waals surface area (Å²) in [5.41, 5.74) is 4.70. The van der Waals surface area contributed by atoms with Crippen molar-refractivity contribution in [1.29, 1.82) is 0 Å². The predicted molar refractivity (Wildman–Crippen MR) is 185 cm³/mol. The average Bonchev–Trinajstić information content (AvgIpc) is 3.05. The van der Waals surface area contributed by atoms with Gasteiger partial charge in [0.2, 0.25) is 0 Å². The minimum absolute atomic E-state index is 0.218. The summed E-state index contributed by atoms with van der Waals surface area (Å²) in [7, 11) is 1.44. The minimum atomic E-state index is -0.833. The smallest absolute Gasteiger partial charge is 0.323 e. The van der Waals surface area contributed by atoms with E-state index in [9.17, 15) is 14.4 Å². The number of amides is 4. The first-order valence-corrected chi connectivity index (χ1v) is 15.7. The van der Waals surface area contributed by atoms with Gasteiger partial charge in [-0.15, -0.1) is 0 Å². The number of ether oxygens (including phenoxy) is 2. The lowest BCUT2D eigenvalue weighted by Crippen LogP contribution is -2.35. The summed E-state index contributed by atoms with van der Waals surface area (Å²) < 4.78 is 11.1. The van der Waals surface area contributed by atoms with E-state index >= 15 is 0 Å². The molecule has 1 aromatic heterocycles. The standard InChI is InChI=1S/C36H42N6O5/c1-6-37-33(43)34(44)39-30-19-24(36(2,3)4)20-31(32(30)46-5)41-35(45)40-29-14-13-26(27-9-7-8-10-28(27)29)23-11-12-25(38-21-23)22-42-15-17-47-18-16-42/h7-14,19-21H,6,15-18,22H2,1-5H3,(H,37,43)(H,39,44)(H2,40,41,45). The Morgan fingerprint density at radius 1 is 0.872 bits per heavy atom. The molecule has 2 heterocycles. The van der Waals surface area contributed by atoms with Crippen molar-refractivity contribution in [3.8, 4) is 16.9 Å². The average molecular weight is 639 g/mol. The zero-order valence-electron chi connectivity index (χ0n) is 27.5. The Morgan fingerprint density at radius 3 is 2.19 bits per heavy atom. The molecule has 1 aliphatic heterocycles. The number of benzene rings is 3. The number of carbonyl (C=O) groups excluding carboxylic acids is 3. The summed E-state index contributed by atoms with van der Waals surface area (Å²) in [6.45, 7) is 12.2. The van der Waals surface area contributed by atoms with Crippen molar-refractivity contribution in [2.24, 2.45) is 0 Å². The fraction of sp³-hybridized carbons (Fsp3) is 0.333. The zero-order valence-corrected chi connectivity index (χ0v) is 27.5. The molecule has 1 aliphatic rings. The van der Waals surface area contributed by atoms with E-state index in [0.29, 0.717) is 17.9 Å². The maximum absolute atomic E-state index is 13.5. The number of aromatic nitrogens is 1. The van der Waals surface area contributed by atoms with Gasteiger partial charge in [-0.2, -0.15) is 0 Å². The highest BCUT2D eigenvalue weighted by Crippen LogP contribution is 2.39. The normalized spacial score (nSPS) is 13.6. The van der Waals surface area contributed by atoms with Gasteiger partial charge in [0.15, 0.2) is 5.75 Å². The molecule has 11 heteroatoms. The molecule has 246 valence electrons. The van der Waals surface area contributed by atoms with Crippen molar-refractivity contribution < 1.29 is 23.9 Å². The molecule has 4 amide bonds. The van der Waals surface area contributed by atoms with Crippen LogP contribution in [0.5, 0.6) is 5.75 Å². The van der Waals surface area contributed by atoms with E-state index in [-0.39, 0.29) is 16.9 Å². The van der Waals surface area contributed by atoms with Gasteiger partial charge < -0.3 is 30.7 Å². The van der Waals surface area contributed by atoms with Crippen molar-refractivity contribution in [3.63, 3.8) is 0 Å². The molecule has 0 atom stereocenters. The zero-order chi connectivity index (χ0) is 33.6. The Bertz CT molecular complexity index is 1760. The number of pyridine rings is 1. The highest BCUT2D eigenvalue weighted by atomic mass is 16.5. The van der Waals surface area contributed by atoms with Crippen LogP contribution in [0.2, 0.25) is 0 Å². The Kier molecular flexibility index (Phi) is 10.4. The molecule has 0 bridgehead atoms. The maximum atomic E-state index is 13.5. The Balaban J connectivity index is 1.39. The molecule has 47 heavy (non-hydrogen) atoms. The van der Waals surface area contributed by atoms with E-state index in [1.807, 2.05) is 63.4 Å². The summed E-state index contributed by atoms with van der Waals surface area (Å²) in [5.74, 6) is -1.38. The van der Waals surface area contributed by atoms with Crippen LogP contribution in [0.4, 0.5) is 21.9 Å². The maximum Gasteiger partial charge on any atom is 0.323 e.